The second kappa shape index (κ2) is 11.3. The molecule has 33 heavy (non-hydrogen) atoms. The highest BCUT2D eigenvalue weighted by Crippen LogP contribution is 2.35. The van der Waals surface area contributed by atoms with Crippen molar-refractivity contribution < 1.29 is 9.59 Å². The monoisotopic (exact) mass is 472 g/mol. The molecule has 3 heterocycles. The first-order chi connectivity index (χ1) is 15.8. The van der Waals surface area contributed by atoms with Crippen LogP contribution in [0.5, 0.6) is 0 Å². The van der Waals surface area contributed by atoms with E-state index in [9.17, 15) is 9.59 Å². The molecule has 7 heteroatoms. The average molecular weight is 473 g/mol. The molecule has 1 aromatic heterocycles. The van der Waals surface area contributed by atoms with E-state index in [-0.39, 0.29) is 5.91 Å². The number of anilines is 1. The minimum Gasteiger partial charge on any atom is -0.390 e. The van der Waals surface area contributed by atoms with E-state index in [0.29, 0.717) is 22.0 Å². The van der Waals surface area contributed by atoms with Gasteiger partial charge < -0.3 is 15.5 Å². The summed E-state index contributed by atoms with van der Waals surface area (Å²) < 4.78 is 1.10. The van der Waals surface area contributed by atoms with Crippen molar-refractivity contribution in [2.24, 2.45) is 5.41 Å². The smallest absolute Gasteiger partial charge is 0.257 e. The van der Waals surface area contributed by atoms with Crippen molar-refractivity contribution in [3.63, 3.8) is 0 Å². The fourth-order valence-corrected chi connectivity index (χ4v) is 5.99. The Morgan fingerprint density at radius 3 is 2.42 bits per heavy atom. The first kappa shape index (κ1) is 25.5. The molecule has 2 aliphatic heterocycles. The van der Waals surface area contributed by atoms with Gasteiger partial charge >= 0.3 is 0 Å². The molecule has 182 valence electrons. The minimum atomic E-state index is 0.109. The van der Waals surface area contributed by atoms with Crippen LogP contribution in [0.3, 0.4) is 0 Å². The SMILES string of the molecule is CC1(C)CCCN(C2CCN(C(=O)c3c(N)sc4ccccc34)CC2)C1.CCN(C=O)CC. The van der Waals surface area contributed by atoms with Gasteiger partial charge in [-0.15, -0.1) is 11.3 Å². The molecule has 2 aliphatic rings. The van der Waals surface area contributed by atoms with Crippen LogP contribution in [-0.2, 0) is 4.79 Å². The molecule has 0 aliphatic carbocycles. The van der Waals surface area contributed by atoms with E-state index in [0.717, 1.165) is 55.5 Å². The summed E-state index contributed by atoms with van der Waals surface area (Å²) in [5.74, 6) is 0.109. The summed E-state index contributed by atoms with van der Waals surface area (Å²) in [6, 6.07) is 8.65. The second-order valence-electron chi connectivity index (χ2n) is 9.93. The normalized spacial score (nSPS) is 19.1. The topological polar surface area (TPSA) is 69.9 Å². The van der Waals surface area contributed by atoms with E-state index < -0.39 is 0 Å². The van der Waals surface area contributed by atoms with Gasteiger partial charge in [-0.25, -0.2) is 0 Å². The highest BCUT2D eigenvalue weighted by Gasteiger charge is 2.34. The van der Waals surface area contributed by atoms with E-state index in [2.05, 4.69) is 18.7 Å². The summed E-state index contributed by atoms with van der Waals surface area (Å²) in [5.41, 5.74) is 7.33. The van der Waals surface area contributed by atoms with Gasteiger partial charge in [0.2, 0.25) is 6.41 Å². The van der Waals surface area contributed by atoms with Gasteiger partial charge in [-0.3, -0.25) is 14.5 Å². The molecule has 0 saturated carbocycles. The molecule has 6 nitrogen and oxygen atoms in total. The van der Waals surface area contributed by atoms with Crippen LogP contribution in [0.2, 0.25) is 0 Å². The highest BCUT2D eigenvalue weighted by molar-refractivity contribution is 7.23. The number of likely N-dealkylation sites (tertiary alicyclic amines) is 2. The van der Waals surface area contributed by atoms with Gasteiger partial charge in [0.05, 0.1) is 10.6 Å². The van der Waals surface area contributed by atoms with Crippen LogP contribution in [0, 0.1) is 5.41 Å². The maximum absolute atomic E-state index is 13.1. The zero-order valence-electron chi connectivity index (χ0n) is 20.7. The molecule has 1 aromatic carbocycles. The number of thiophene rings is 1. The van der Waals surface area contributed by atoms with Crippen LogP contribution in [0.1, 0.15) is 63.7 Å². The Kier molecular flexibility index (Phi) is 8.76. The fraction of sp³-hybridized carbons (Fsp3) is 0.615. The molecule has 0 bridgehead atoms. The number of fused-ring (bicyclic) bond motifs is 1. The van der Waals surface area contributed by atoms with Crippen LogP contribution in [0.25, 0.3) is 10.1 Å². The molecular weight excluding hydrogens is 432 g/mol. The third-order valence-electron chi connectivity index (χ3n) is 7.00. The largest absolute Gasteiger partial charge is 0.390 e. The average Bonchev–Trinajstić information content (AvgIpc) is 3.15. The van der Waals surface area contributed by atoms with E-state index in [4.69, 9.17) is 5.73 Å². The van der Waals surface area contributed by atoms with E-state index in [1.165, 1.54) is 37.3 Å². The number of carbonyl (C=O) groups is 2. The van der Waals surface area contributed by atoms with Crippen molar-refractivity contribution in [2.45, 2.75) is 59.4 Å². The van der Waals surface area contributed by atoms with Crippen molar-refractivity contribution in [2.75, 3.05) is 45.0 Å². The lowest BCUT2D eigenvalue weighted by Crippen LogP contribution is -2.51. The number of rotatable bonds is 5. The third-order valence-corrected chi connectivity index (χ3v) is 8.00. The summed E-state index contributed by atoms with van der Waals surface area (Å²) in [5, 5.41) is 1.65. The molecule has 0 unspecified atom stereocenters. The highest BCUT2D eigenvalue weighted by atomic mass is 32.1. The van der Waals surface area contributed by atoms with Crippen LogP contribution in [0.15, 0.2) is 24.3 Å². The van der Waals surface area contributed by atoms with Gasteiger partial charge in [0, 0.05) is 48.9 Å². The number of nitrogen functional groups attached to an aromatic ring is 1. The van der Waals surface area contributed by atoms with E-state index >= 15 is 0 Å². The number of carbonyl (C=O) groups excluding carboxylic acids is 2. The summed E-state index contributed by atoms with van der Waals surface area (Å²) in [6.45, 7) is 14.4. The van der Waals surface area contributed by atoms with E-state index in [1.54, 1.807) is 4.90 Å². The summed E-state index contributed by atoms with van der Waals surface area (Å²) in [4.78, 5) is 29.4. The molecular formula is C26H40N4O2S. The van der Waals surface area contributed by atoms with Gasteiger partial charge in [-0.1, -0.05) is 32.0 Å². The van der Waals surface area contributed by atoms with Gasteiger partial charge in [-0.05, 0) is 57.6 Å². The van der Waals surface area contributed by atoms with Crippen LogP contribution in [0.4, 0.5) is 5.00 Å². The quantitative estimate of drug-likeness (QED) is 0.641. The standard InChI is InChI=1S/C21H29N3OS.C5H11NO/c1-21(2)10-5-11-24(14-21)15-8-12-23(13-9-15)20(25)18-16-6-3-4-7-17(16)26-19(18)22;1-3-6(4-2)5-7/h3-4,6-7,15H,5,8-14,22H2,1-2H3;5H,3-4H2,1-2H3. The van der Waals surface area contributed by atoms with Crippen molar-refractivity contribution >= 4 is 38.7 Å². The number of amides is 2. The molecule has 2 amide bonds. The summed E-state index contributed by atoms with van der Waals surface area (Å²) in [7, 11) is 0. The second-order valence-corrected chi connectivity index (χ2v) is 11.0. The van der Waals surface area contributed by atoms with Gasteiger partial charge in [0.25, 0.3) is 5.91 Å². The van der Waals surface area contributed by atoms with E-state index in [1.807, 2.05) is 43.0 Å². The maximum atomic E-state index is 13.1. The predicted octanol–water partition coefficient (Wildman–Crippen LogP) is 4.69. The Hall–Kier alpha value is -2.12. The summed E-state index contributed by atoms with van der Waals surface area (Å²) >= 11 is 1.52. The molecule has 0 atom stereocenters. The Morgan fingerprint density at radius 2 is 1.85 bits per heavy atom. The lowest BCUT2D eigenvalue weighted by atomic mass is 9.83. The maximum Gasteiger partial charge on any atom is 0.257 e. The molecule has 2 fully saturated rings. The number of hydrogen-bond acceptors (Lipinski definition) is 5. The number of nitrogens with two attached hydrogens (primary N) is 1. The number of benzene rings is 1. The summed E-state index contributed by atoms with van der Waals surface area (Å²) in [6.07, 6.45) is 5.63. The lowest BCUT2D eigenvalue weighted by molar-refractivity contribution is -0.117. The Morgan fingerprint density at radius 1 is 1.18 bits per heavy atom. The Balaban J connectivity index is 0.000000383. The first-order valence-electron chi connectivity index (χ1n) is 12.3. The number of hydrogen-bond donors (Lipinski definition) is 1. The van der Waals surface area contributed by atoms with Crippen molar-refractivity contribution in [3.8, 4) is 0 Å². The van der Waals surface area contributed by atoms with Crippen LogP contribution >= 0.6 is 11.3 Å². The molecule has 2 saturated heterocycles. The molecule has 0 spiro atoms. The van der Waals surface area contributed by atoms with Gasteiger partial charge in [-0.2, -0.15) is 0 Å². The number of piperidine rings is 2. The molecule has 2 N–H and O–H groups in total. The van der Waals surface area contributed by atoms with Crippen molar-refractivity contribution in [1.29, 1.82) is 0 Å². The van der Waals surface area contributed by atoms with Gasteiger partial charge in [0.15, 0.2) is 0 Å². The zero-order chi connectivity index (χ0) is 24.0. The van der Waals surface area contributed by atoms with Crippen molar-refractivity contribution in [3.05, 3.63) is 29.8 Å². The van der Waals surface area contributed by atoms with Gasteiger partial charge in [0.1, 0.15) is 0 Å². The third kappa shape index (κ3) is 6.27. The lowest BCUT2D eigenvalue weighted by Gasteiger charge is -2.45. The fourth-order valence-electron chi connectivity index (χ4n) is 5.03. The molecule has 2 aromatic rings. The molecule has 4 rings (SSSR count). The molecule has 0 radical (unpaired) electrons. The zero-order valence-corrected chi connectivity index (χ0v) is 21.5. The predicted molar refractivity (Wildman–Crippen MR) is 139 cm³/mol. The van der Waals surface area contributed by atoms with Crippen LogP contribution < -0.4 is 5.73 Å². The Labute approximate surface area is 202 Å². The van der Waals surface area contributed by atoms with Crippen LogP contribution in [-0.4, -0.2) is 72.3 Å². The number of nitrogens with zero attached hydrogens (tertiary/aromatic N) is 3. The first-order valence-corrected chi connectivity index (χ1v) is 13.1. The van der Waals surface area contributed by atoms with Crippen molar-refractivity contribution in [1.82, 2.24) is 14.7 Å². The Bertz CT molecular complexity index is 930. The minimum absolute atomic E-state index is 0.109.